The quantitative estimate of drug-likeness (QED) is 0.0406. The molecular weight excluding hydrogens is 1040 g/mol. The summed E-state index contributed by atoms with van der Waals surface area (Å²) in [6.07, 6.45) is 1.98. The molecule has 0 bridgehead atoms. The molecule has 0 saturated carbocycles. The standard InChI is InChI=1S/C56H70N8O12S2/c1-9-24-75-41-14-11-15-42(31-41)76-48-33-47-46(62(7)55(69)63(47)8)32-44(48)61-78(70,71)43-16-10-13-40(30-43)52(66)57-22-25-72-26-27-73-28-29-74-34-49(65)60-51(56(4,5)6)54(68)64-23-12-17-45(64)53(67)59-36(2)38-18-20-39(21-19-38)50-37(3)58-35-77-50/h10-11,13-16,18-21,30-33,35-36,45,51,61H,9,12,17,22-29,34H2,1-8H3,(H,57,66)(H,59,67)(H,60,65)/t36-,45-,51?/m0/s1. The molecule has 1 aliphatic heterocycles. The summed E-state index contributed by atoms with van der Waals surface area (Å²) >= 11 is 1.58. The van der Waals surface area contributed by atoms with Crippen LogP contribution in [0.5, 0.6) is 17.2 Å². The molecule has 78 heavy (non-hydrogen) atoms. The van der Waals surface area contributed by atoms with E-state index in [1.807, 2.05) is 71.3 Å². The van der Waals surface area contributed by atoms with E-state index in [9.17, 15) is 32.4 Å². The average molecular weight is 1110 g/mol. The first kappa shape index (κ1) is 58.6. The molecule has 0 aliphatic carbocycles. The minimum Gasteiger partial charge on any atom is -0.493 e. The lowest BCUT2D eigenvalue weighted by molar-refractivity contribution is -0.144. The minimum atomic E-state index is -4.30. The van der Waals surface area contributed by atoms with Gasteiger partial charge in [0.2, 0.25) is 17.7 Å². The number of imidazole rings is 1. The number of sulfonamides is 1. The van der Waals surface area contributed by atoms with Crippen LogP contribution < -0.4 is 35.8 Å². The summed E-state index contributed by atoms with van der Waals surface area (Å²) in [6, 6.07) is 21.8. The van der Waals surface area contributed by atoms with Gasteiger partial charge in [0, 0.05) is 44.9 Å². The van der Waals surface area contributed by atoms with E-state index in [4.69, 9.17) is 23.7 Å². The second-order valence-electron chi connectivity index (χ2n) is 20.0. The lowest BCUT2D eigenvalue weighted by atomic mass is 9.85. The topological polar surface area (TPSA) is 240 Å². The molecule has 1 aliphatic rings. The highest BCUT2D eigenvalue weighted by molar-refractivity contribution is 7.92. The fourth-order valence-corrected chi connectivity index (χ4v) is 10.7. The Kier molecular flexibility index (Phi) is 19.9. The number of rotatable bonds is 26. The smallest absolute Gasteiger partial charge is 0.328 e. The minimum absolute atomic E-state index is 0.0675. The summed E-state index contributed by atoms with van der Waals surface area (Å²) in [5, 5.41) is 8.66. The first-order valence-electron chi connectivity index (χ1n) is 25.9. The molecule has 4 amide bonds. The number of carbonyl (C=O) groups excluding carboxylic acids is 4. The Hall–Kier alpha value is -7.11. The van der Waals surface area contributed by atoms with E-state index in [-0.39, 0.29) is 91.6 Å². The Bertz CT molecular complexity index is 3240. The number of ether oxygens (including phenoxy) is 5. The number of hydrogen-bond acceptors (Lipinski definition) is 14. The molecule has 418 valence electrons. The number of anilines is 1. The molecule has 3 atom stereocenters. The predicted molar refractivity (Wildman–Crippen MR) is 297 cm³/mol. The summed E-state index contributed by atoms with van der Waals surface area (Å²) in [7, 11) is -1.10. The van der Waals surface area contributed by atoms with Crippen LogP contribution in [0.4, 0.5) is 5.69 Å². The molecule has 1 fully saturated rings. The highest BCUT2D eigenvalue weighted by Gasteiger charge is 2.42. The van der Waals surface area contributed by atoms with Crippen LogP contribution >= 0.6 is 11.3 Å². The van der Waals surface area contributed by atoms with Crippen molar-refractivity contribution in [1.82, 2.24) is 35.0 Å². The van der Waals surface area contributed by atoms with Gasteiger partial charge in [0.15, 0.2) is 5.75 Å². The summed E-state index contributed by atoms with van der Waals surface area (Å²) in [4.78, 5) is 73.5. The maximum atomic E-state index is 14.0. The van der Waals surface area contributed by atoms with Crippen LogP contribution in [-0.4, -0.2) is 122 Å². The SMILES string of the molecule is CCCOc1cccc(Oc2cc3c(cc2NS(=O)(=O)c2cccc(C(=O)NCCOCCOCCOCC(=O)NC(C(=O)N4CCC[C@H]4C(=O)N[C@@H](C)c4ccc(-c5scnc5C)cc4)C(C)(C)C)c2)n(C)c(=O)n3C)c1. The lowest BCUT2D eigenvalue weighted by Gasteiger charge is -2.35. The number of amides is 4. The van der Waals surface area contributed by atoms with Gasteiger partial charge in [-0.1, -0.05) is 64.1 Å². The molecule has 2 aromatic heterocycles. The van der Waals surface area contributed by atoms with E-state index in [0.717, 1.165) is 28.1 Å². The van der Waals surface area contributed by atoms with Gasteiger partial charge in [0.05, 0.1) is 83.4 Å². The predicted octanol–water partition coefficient (Wildman–Crippen LogP) is 6.87. The van der Waals surface area contributed by atoms with Crippen LogP contribution in [0.1, 0.15) is 81.5 Å². The zero-order valence-electron chi connectivity index (χ0n) is 45.4. The Labute approximate surface area is 458 Å². The Morgan fingerprint density at radius 1 is 0.833 bits per heavy atom. The van der Waals surface area contributed by atoms with Crippen molar-refractivity contribution in [1.29, 1.82) is 0 Å². The Morgan fingerprint density at radius 2 is 1.51 bits per heavy atom. The Balaban J connectivity index is 0.808. The van der Waals surface area contributed by atoms with Crippen LogP contribution in [0, 0.1) is 12.3 Å². The molecule has 20 nitrogen and oxygen atoms in total. The average Bonchev–Trinajstić information content (AvgIpc) is 4.19. The molecule has 0 spiro atoms. The number of nitrogens with one attached hydrogen (secondary N) is 4. The zero-order valence-corrected chi connectivity index (χ0v) is 47.0. The van der Waals surface area contributed by atoms with Crippen molar-refractivity contribution in [2.24, 2.45) is 19.5 Å². The van der Waals surface area contributed by atoms with Crippen molar-refractivity contribution in [3.05, 3.63) is 118 Å². The van der Waals surface area contributed by atoms with Gasteiger partial charge in [0.1, 0.15) is 30.2 Å². The van der Waals surface area contributed by atoms with E-state index in [2.05, 4.69) is 25.7 Å². The van der Waals surface area contributed by atoms with E-state index < -0.39 is 39.3 Å². The molecule has 3 heterocycles. The molecule has 0 radical (unpaired) electrons. The number of carbonyl (C=O) groups is 4. The van der Waals surface area contributed by atoms with Gasteiger partial charge < -0.3 is 44.5 Å². The largest absolute Gasteiger partial charge is 0.493 e. The first-order valence-corrected chi connectivity index (χ1v) is 28.3. The summed E-state index contributed by atoms with van der Waals surface area (Å²) in [5.41, 5.74) is 4.97. The second kappa shape index (κ2) is 26.5. The maximum Gasteiger partial charge on any atom is 0.328 e. The number of aryl methyl sites for hydroxylation is 3. The van der Waals surface area contributed by atoms with Crippen LogP contribution in [-0.2, 0) is 52.7 Å². The van der Waals surface area contributed by atoms with Gasteiger partial charge >= 0.3 is 5.69 Å². The van der Waals surface area contributed by atoms with Crippen LogP contribution in [0.2, 0.25) is 0 Å². The molecule has 4 aromatic carbocycles. The van der Waals surface area contributed by atoms with Gasteiger partial charge in [-0.3, -0.25) is 33.0 Å². The molecule has 6 aromatic rings. The first-order chi connectivity index (χ1) is 37.2. The molecular formula is C56H70N8O12S2. The number of benzene rings is 4. The van der Waals surface area contributed by atoms with Crippen molar-refractivity contribution in [2.75, 3.05) is 64.1 Å². The van der Waals surface area contributed by atoms with E-state index in [1.54, 1.807) is 60.7 Å². The summed E-state index contributed by atoms with van der Waals surface area (Å²) in [6.45, 7) is 13.0. The molecule has 1 unspecified atom stereocenters. The number of thiazole rings is 1. The van der Waals surface area contributed by atoms with Gasteiger partial charge in [-0.05, 0) is 86.1 Å². The molecule has 22 heteroatoms. The Morgan fingerprint density at radius 3 is 2.21 bits per heavy atom. The highest BCUT2D eigenvalue weighted by atomic mass is 32.2. The van der Waals surface area contributed by atoms with Crippen molar-refractivity contribution < 1.29 is 51.3 Å². The van der Waals surface area contributed by atoms with Crippen LogP contribution in [0.3, 0.4) is 0 Å². The number of fused-ring (bicyclic) bond motifs is 1. The zero-order chi connectivity index (χ0) is 56.1. The number of aromatic nitrogens is 3. The number of nitrogens with zero attached hydrogens (tertiary/aromatic N) is 4. The monoisotopic (exact) mass is 1110 g/mol. The van der Waals surface area contributed by atoms with Gasteiger partial charge in [-0.25, -0.2) is 18.2 Å². The van der Waals surface area contributed by atoms with Crippen molar-refractivity contribution in [3.8, 4) is 27.7 Å². The third-order valence-corrected chi connectivity index (χ3v) is 15.4. The summed E-state index contributed by atoms with van der Waals surface area (Å²) < 4.78 is 61.9. The van der Waals surface area contributed by atoms with E-state index >= 15 is 0 Å². The molecule has 4 N–H and O–H groups in total. The maximum absolute atomic E-state index is 14.0. The van der Waals surface area contributed by atoms with Crippen LogP contribution in [0.25, 0.3) is 21.5 Å². The second-order valence-corrected chi connectivity index (χ2v) is 22.5. The third kappa shape index (κ3) is 14.9. The lowest BCUT2D eigenvalue weighted by Crippen LogP contribution is -2.58. The van der Waals surface area contributed by atoms with Gasteiger partial charge in [0.25, 0.3) is 15.9 Å². The van der Waals surface area contributed by atoms with E-state index in [0.29, 0.717) is 48.5 Å². The van der Waals surface area contributed by atoms with Crippen LogP contribution in [0.15, 0.2) is 100 Å². The van der Waals surface area contributed by atoms with Gasteiger partial charge in [-0.15, -0.1) is 11.3 Å². The number of hydrogen-bond donors (Lipinski definition) is 4. The van der Waals surface area contributed by atoms with Crippen molar-refractivity contribution in [3.63, 3.8) is 0 Å². The fourth-order valence-electron chi connectivity index (χ4n) is 8.83. The molecule has 1 saturated heterocycles. The van der Waals surface area contributed by atoms with Crippen molar-refractivity contribution in [2.45, 2.75) is 83.8 Å². The highest BCUT2D eigenvalue weighted by Crippen LogP contribution is 2.36. The van der Waals surface area contributed by atoms with Crippen molar-refractivity contribution >= 4 is 61.7 Å². The third-order valence-electron chi connectivity index (χ3n) is 13.1. The normalized spacial score (nSPS) is 14.5. The summed E-state index contributed by atoms with van der Waals surface area (Å²) in [5.74, 6) is -0.464. The van der Waals surface area contributed by atoms with Gasteiger partial charge in [-0.2, -0.15) is 0 Å². The molecule has 7 rings (SSSR count). The number of likely N-dealkylation sites (tertiary alicyclic amines) is 1. The fraction of sp³-hybridized carbons (Fsp3) is 0.429. The van der Waals surface area contributed by atoms with E-state index in [1.165, 1.54) is 39.5 Å².